The molecule has 0 aromatic rings. The lowest BCUT2D eigenvalue weighted by molar-refractivity contribution is -0.142. The summed E-state index contributed by atoms with van der Waals surface area (Å²) in [4.78, 5) is 25.6. The minimum Gasteiger partial charge on any atom is -0.467 e. The van der Waals surface area contributed by atoms with E-state index < -0.39 is 12.0 Å². The van der Waals surface area contributed by atoms with Crippen LogP contribution in [-0.4, -0.2) is 68.2 Å². The Morgan fingerprint density at radius 3 is 2.48 bits per heavy atom. The summed E-state index contributed by atoms with van der Waals surface area (Å²) in [6.45, 7) is 7.83. The van der Waals surface area contributed by atoms with Crippen molar-refractivity contribution in [3.05, 3.63) is 0 Å². The average Bonchev–Trinajstić information content (AvgIpc) is 2.50. The molecule has 2 N–H and O–H groups in total. The van der Waals surface area contributed by atoms with Crippen molar-refractivity contribution >= 4 is 23.8 Å². The third-order valence-electron chi connectivity index (χ3n) is 3.23. The number of methoxy groups -OCH3 is 1. The number of urea groups is 1. The zero-order valence-corrected chi connectivity index (χ0v) is 14.4. The van der Waals surface area contributed by atoms with Crippen molar-refractivity contribution in [1.82, 2.24) is 15.5 Å². The molecule has 1 atom stereocenters. The molecule has 0 spiro atoms. The van der Waals surface area contributed by atoms with E-state index in [2.05, 4.69) is 29.4 Å². The number of thioether (sulfide) groups is 1. The maximum Gasteiger partial charge on any atom is 0.328 e. The molecular formula is C14H29N3O3S. The van der Waals surface area contributed by atoms with E-state index in [0.29, 0.717) is 13.0 Å². The van der Waals surface area contributed by atoms with E-state index in [1.54, 1.807) is 11.8 Å². The largest absolute Gasteiger partial charge is 0.467 e. The number of rotatable bonds is 11. The molecule has 0 aromatic heterocycles. The molecule has 1 unspecified atom stereocenters. The topological polar surface area (TPSA) is 70.7 Å². The van der Waals surface area contributed by atoms with E-state index in [9.17, 15) is 9.59 Å². The van der Waals surface area contributed by atoms with Crippen LogP contribution >= 0.6 is 11.8 Å². The average molecular weight is 319 g/mol. The summed E-state index contributed by atoms with van der Waals surface area (Å²) in [6, 6.07) is -0.892. The lowest BCUT2D eigenvalue weighted by atomic mass is 10.2. The summed E-state index contributed by atoms with van der Waals surface area (Å²) >= 11 is 1.63. The van der Waals surface area contributed by atoms with Crippen LogP contribution in [0.2, 0.25) is 0 Å². The summed E-state index contributed by atoms with van der Waals surface area (Å²) < 4.78 is 4.70. The first-order chi connectivity index (χ1) is 10.1. The van der Waals surface area contributed by atoms with Crippen LogP contribution in [0.25, 0.3) is 0 Å². The Morgan fingerprint density at radius 1 is 1.29 bits per heavy atom. The Labute approximate surface area is 132 Å². The van der Waals surface area contributed by atoms with Crippen molar-refractivity contribution in [1.29, 1.82) is 0 Å². The molecule has 0 bridgehead atoms. The van der Waals surface area contributed by atoms with Crippen molar-refractivity contribution in [3.63, 3.8) is 0 Å². The fraction of sp³-hybridized carbons (Fsp3) is 0.857. The van der Waals surface area contributed by atoms with Crippen LogP contribution in [-0.2, 0) is 9.53 Å². The highest BCUT2D eigenvalue weighted by molar-refractivity contribution is 7.98. The molecular weight excluding hydrogens is 290 g/mol. The second kappa shape index (κ2) is 12.8. The van der Waals surface area contributed by atoms with Crippen LogP contribution in [0.3, 0.4) is 0 Å². The van der Waals surface area contributed by atoms with Crippen LogP contribution in [0.1, 0.15) is 26.7 Å². The van der Waals surface area contributed by atoms with Gasteiger partial charge in [0.1, 0.15) is 6.04 Å². The molecule has 0 radical (unpaired) electrons. The fourth-order valence-corrected chi connectivity index (χ4v) is 2.35. The van der Waals surface area contributed by atoms with Gasteiger partial charge in [-0.2, -0.15) is 11.8 Å². The Hall–Kier alpha value is -0.950. The maximum atomic E-state index is 11.8. The van der Waals surface area contributed by atoms with Crippen molar-refractivity contribution in [2.45, 2.75) is 32.7 Å². The van der Waals surface area contributed by atoms with Gasteiger partial charge in [-0.1, -0.05) is 13.8 Å². The van der Waals surface area contributed by atoms with Crippen LogP contribution in [0.4, 0.5) is 4.79 Å². The van der Waals surface area contributed by atoms with Crippen molar-refractivity contribution < 1.29 is 14.3 Å². The van der Waals surface area contributed by atoms with Gasteiger partial charge in [-0.25, -0.2) is 9.59 Å². The monoisotopic (exact) mass is 319 g/mol. The van der Waals surface area contributed by atoms with Gasteiger partial charge in [-0.05, 0) is 44.5 Å². The normalized spacial score (nSPS) is 12.0. The molecule has 0 saturated carbocycles. The third-order valence-corrected chi connectivity index (χ3v) is 3.88. The summed E-state index contributed by atoms with van der Waals surface area (Å²) in [5.74, 6) is 0.393. The fourth-order valence-electron chi connectivity index (χ4n) is 1.88. The van der Waals surface area contributed by atoms with Gasteiger partial charge in [0.25, 0.3) is 0 Å². The Bertz CT molecular complexity index is 299. The highest BCUT2D eigenvalue weighted by atomic mass is 32.2. The number of nitrogens with one attached hydrogen (secondary N) is 2. The smallest absolute Gasteiger partial charge is 0.328 e. The van der Waals surface area contributed by atoms with E-state index in [-0.39, 0.29) is 6.03 Å². The molecule has 6 nitrogen and oxygen atoms in total. The minimum atomic E-state index is -0.578. The predicted molar refractivity (Wildman–Crippen MR) is 87.7 cm³/mol. The molecule has 0 aliphatic rings. The SMILES string of the molecule is CCN(CC)CCCNC(=O)NC(CCSC)C(=O)OC. The molecule has 0 aromatic carbocycles. The van der Waals surface area contributed by atoms with Gasteiger partial charge in [-0.3, -0.25) is 0 Å². The van der Waals surface area contributed by atoms with Crippen LogP contribution < -0.4 is 10.6 Å². The van der Waals surface area contributed by atoms with Gasteiger partial charge in [0.15, 0.2) is 0 Å². The van der Waals surface area contributed by atoms with Gasteiger partial charge in [0, 0.05) is 6.54 Å². The Balaban J connectivity index is 3.99. The summed E-state index contributed by atoms with van der Waals surface area (Å²) in [6.07, 6.45) is 3.42. The first-order valence-corrected chi connectivity index (χ1v) is 8.81. The van der Waals surface area contributed by atoms with Crippen LogP contribution in [0.5, 0.6) is 0 Å². The highest BCUT2D eigenvalue weighted by Crippen LogP contribution is 2.02. The number of hydrogen-bond donors (Lipinski definition) is 2. The maximum absolute atomic E-state index is 11.8. The van der Waals surface area contributed by atoms with E-state index in [1.165, 1.54) is 7.11 Å². The van der Waals surface area contributed by atoms with Crippen LogP contribution in [0.15, 0.2) is 0 Å². The number of nitrogens with zero attached hydrogens (tertiary/aromatic N) is 1. The number of carbonyl (C=O) groups excluding carboxylic acids is 2. The number of carbonyl (C=O) groups is 2. The molecule has 0 aliphatic carbocycles. The molecule has 124 valence electrons. The van der Waals surface area contributed by atoms with E-state index in [4.69, 9.17) is 4.74 Å². The van der Waals surface area contributed by atoms with Gasteiger partial charge in [0.2, 0.25) is 0 Å². The third kappa shape index (κ3) is 9.57. The molecule has 0 fully saturated rings. The molecule has 2 amide bonds. The zero-order valence-electron chi connectivity index (χ0n) is 13.6. The number of hydrogen-bond acceptors (Lipinski definition) is 5. The lowest BCUT2D eigenvalue weighted by Gasteiger charge is -2.19. The van der Waals surface area contributed by atoms with Gasteiger partial charge < -0.3 is 20.3 Å². The second-order valence-corrected chi connectivity index (χ2v) is 5.62. The standard InChI is InChI=1S/C14H29N3O3S/c1-5-17(6-2)10-7-9-15-14(19)16-12(8-11-21-4)13(18)20-3/h12H,5-11H2,1-4H3,(H2,15,16,19). The van der Waals surface area contributed by atoms with E-state index in [0.717, 1.165) is 31.8 Å². The molecule has 0 rings (SSSR count). The molecule has 0 heterocycles. The summed E-state index contributed by atoms with van der Waals surface area (Å²) in [5.41, 5.74) is 0. The Kier molecular flexibility index (Phi) is 12.2. The molecule has 0 aliphatic heterocycles. The molecule has 21 heavy (non-hydrogen) atoms. The lowest BCUT2D eigenvalue weighted by Crippen LogP contribution is -2.47. The number of amides is 2. The van der Waals surface area contributed by atoms with Crippen molar-refractivity contribution in [2.24, 2.45) is 0 Å². The summed E-state index contributed by atoms with van der Waals surface area (Å²) in [7, 11) is 1.33. The second-order valence-electron chi connectivity index (χ2n) is 4.64. The number of ether oxygens (including phenoxy) is 1. The van der Waals surface area contributed by atoms with Gasteiger partial charge >= 0.3 is 12.0 Å². The van der Waals surface area contributed by atoms with Crippen molar-refractivity contribution in [3.8, 4) is 0 Å². The van der Waals surface area contributed by atoms with Gasteiger partial charge in [-0.15, -0.1) is 0 Å². The first-order valence-electron chi connectivity index (χ1n) is 7.42. The Morgan fingerprint density at radius 2 is 1.95 bits per heavy atom. The van der Waals surface area contributed by atoms with Crippen LogP contribution in [0, 0.1) is 0 Å². The minimum absolute atomic E-state index is 0.314. The quantitative estimate of drug-likeness (QED) is 0.444. The molecule has 0 saturated heterocycles. The van der Waals surface area contributed by atoms with Gasteiger partial charge in [0.05, 0.1) is 7.11 Å². The predicted octanol–water partition coefficient (Wildman–Crippen LogP) is 1.31. The number of esters is 1. The zero-order chi connectivity index (χ0) is 16.1. The molecule has 7 heteroatoms. The van der Waals surface area contributed by atoms with Crippen molar-refractivity contribution in [2.75, 3.05) is 45.3 Å². The van der Waals surface area contributed by atoms with E-state index in [1.807, 2.05) is 6.26 Å². The van der Waals surface area contributed by atoms with E-state index >= 15 is 0 Å². The highest BCUT2D eigenvalue weighted by Gasteiger charge is 2.20. The summed E-state index contributed by atoms with van der Waals surface area (Å²) in [5, 5.41) is 5.45. The first kappa shape index (κ1) is 20.1.